The van der Waals surface area contributed by atoms with Crippen LogP contribution < -0.4 is 10.6 Å². The van der Waals surface area contributed by atoms with E-state index < -0.39 is 0 Å². The average Bonchev–Trinajstić information content (AvgIpc) is 2.40. The minimum absolute atomic E-state index is 0.636. The van der Waals surface area contributed by atoms with Crippen LogP contribution in [0.1, 0.15) is 30.9 Å². The average molecular weight is 254 g/mol. The van der Waals surface area contributed by atoms with Crippen molar-refractivity contribution < 1.29 is 0 Å². The van der Waals surface area contributed by atoms with Crippen LogP contribution in [0.4, 0.5) is 17.2 Å². The van der Waals surface area contributed by atoms with Gasteiger partial charge in [0.25, 0.3) is 0 Å². The Labute approximate surface area is 113 Å². The molecule has 0 spiro atoms. The van der Waals surface area contributed by atoms with Crippen molar-refractivity contribution in [1.29, 1.82) is 0 Å². The molecule has 1 heterocycles. The lowest BCUT2D eigenvalue weighted by molar-refractivity contribution is 0.408. The summed E-state index contributed by atoms with van der Waals surface area (Å²) in [5.41, 5.74) is 3.24. The Bertz CT molecular complexity index is 529. The van der Waals surface area contributed by atoms with E-state index in [1.807, 2.05) is 37.4 Å². The van der Waals surface area contributed by atoms with Gasteiger partial charge in [0.1, 0.15) is 0 Å². The first-order chi connectivity index (χ1) is 9.35. The van der Waals surface area contributed by atoms with Crippen molar-refractivity contribution >= 4 is 17.2 Å². The maximum absolute atomic E-state index is 4.31. The molecule has 2 N–H and O–H groups in total. The Morgan fingerprint density at radius 1 is 0.947 bits per heavy atom. The summed E-state index contributed by atoms with van der Waals surface area (Å²) >= 11 is 0. The molecule has 4 heteroatoms. The Kier molecular flexibility index (Phi) is 3.31. The zero-order valence-corrected chi connectivity index (χ0v) is 11.1. The number of benzene rings is 1. The highest BCUT2D eigenvalue weighted by molar-refractivity contribution is 5.59. The molecule has 1 saturated carbocycles. The van der Waals surface area contributed by atoms with Crippen LogP contribution in [-0.4, -0.2) is 17.2 Å². The summed E-state index contributed by atoms with van der Waals surface area (Å²) < 4.78 is 0. The van der Waals surface area contributed by atoms with Crippen molar-refractivity contribution in [2.24, 2.45) is 0 Å². The second kappa shape index (κ2) is 5.26. The van der Waals surface area contributed by atoms with Crippen LogP contribution in [0.25, 0.3) is 0 Å². The highest BCUT2D eigenvalue weighted by atomic mass is 15.2. The number of hydrogen-bond acceptors (Lipinski definition) is 4. The maximum Gasteiger partial charge on any atom is 0.153 e. The lowest BCUT2D eigenvalue weighted by Crippen LogP contribution is -2.11. The Balaban J connectivity index is 1.68. The van der Waals surface area contributed by atoms with Gasteiger partial charge in [-0.2, -0.15) is 5.10 Å². The van der Waals surface area contributed by atoms with E-state index in [9.17, 15) is 0 Å². The smallest absolute Gasteiger partial charge is 0.153 e. The third-order valence-corrected chi connectivity index (χ3v) is 3.65. The predicted octanol–water partition coefficient (Wildman–Crippen LogP) is 3.53. The van der Waals surface area contributed by atoms with E-state index in [0.717, 1.165) is 22.9 Å². The molecular weight excluding hydrogens is 236 g/mol. The zero-order valence-electron chi connectivity index (χ0n) is 11.1. The molecule has 1 aliphatic carbocycles. The third kappa shape index (κ3) is 2.67. The van der Waals surface area contributed by atoms with Crippen molar-refractivity contribution in [1.82, 2.24) is 10.2 Å². The summed E-state index contributed by atoms with van der Waals surface area (Å²) in [5, 5.41) is 14.9. The van der Waals surface area contributed by atoms with Crippen LogP contribution in [0.5, 0.6) is 0 Å². The minimum Gasteiger partial charge on any atom is -0.388 e. The first-order valence-electron chi connectivity index (χ1n) is 6.73. The molecule has 98 valence electrons. The summed E-state index contributed by atoms with van der Waals surface area (Å²) in [6.45, 7) is 0. The summed E-state index contributed by atoms with van der Waals surface area (Å²) in [6, 6.07) is 12.2. The molecule has 0 saturated heterocycles. The van der Waals surface area contributed by atoms with Gasteiger partial charge in [-0.25, -0.2) is 0 Å². The van der Waals surface area contributed by atoms with Crippen molar-refractivity contribution in [3.63, 3.8) is 0 Å². The molecule has 0 radical (unpaired) electrons. The fraction of sp³-hybridized carbons (Fsp3) is 0.333. The van der Waals surface area contributed by atoms with E-state index in [1.165, 1.54) is 19.3 Å². The molecule has 0 aliphatic heterocycles. The normalized spacial score (nSPS) is 14.8. The van der Waals surface area contributed by atoms with Gasteiger partial charge in [-0.05, 0) is 49.2 Å². The molecule has 1 aromatic carbocycles. The highest BCUT2D eigenvalue weighted by Gasteiger charge is 2.20. The Morgan fingerprint density at radius 2 is 1.68 bits per heavy atom. The van der Waals surface area contributed by atoms with E-state index in [4.69, 9.17) is 0 Å². The van der Waals surface area contributed by atoms with Crippen molar-refractivity contribution in [3.05, 3.63) is 42.1 Å². The van der Waals surface area contributed by atoms with Gasteiger partial charge in [-0.15, -0.1) is 5.10 Å². The molecule has 0 atom stereocenters. The van der Waals surface area contributed by atoms with Gasteiger partial charge in [-0.3, -0.25) is 0 Å². The molecule has 19 heavy (non-hydrogen) atoms. The number of aromatic nitrogens is 2. The number of rotatable bonds is 4. The fourth-order valence-corrected chi connectivity index (χ4v) is 2.20. The molecule has 4 nitrogen and oxygen atoms in total. The standard InChI is InChI=1S/C15H18N4/c1-16-12-5-7-13(8-6-12)17-15-10-9-14(18-19-15)11-3-2-4-11/h5-11,16H,2-4H2,1H3,(H,17,19). The number of nitrogens with zero attached hydrogens (tertiary/aromatic N) is 2. The summed E-state index contributed by atoms with van der Waals surface area (Å²) in [7, 11) is 1.91. The summed E-state index contributed by atoms with van der Waals surface area (Å²) in [4.78, 5) is 0. The van der Waals surface area contributed by atoms with Crippen LogP contribution in [-0.2, 0) is 0 Å². The lowest BCUT2D eigenvalue weighted by atomic mass is 9.83. The Morgan fingerprint density at radius 3 is 2.21 bits per heavy atom. The minimum atomic E-state index is 0.636. The number of hydrogen-bond donors (Lipinski definition) is 2. The molecule has 3 rings (SSSR count). The van der Waals surface area contributed by atoms with Crippen molar-refractivity contribution in [2.45, 2.75) is 25.2 Å². The largest absolute Gasteiger partial charge is 0.388 e. The molecule has 1 aromatic heterocycles. The van der Waals surface area contributed by atoms with Gasteiger partial charge in [0, 0.05) is 24.3 Å². The quantitative estimate of drug-likeness (QED) is 0.876. The zero-order chi connectivity index (χ0) is 13.1. The summed E-state index contributed by atoms with van der Waals surface area (Å²) in [6.07, 6.45) is 3.84. The molecule has 0 amide bonds. The molecular formula is C15H18N4. The van der Waals surface area contributed by atoms with Gasteiger partial charge in [0.2, 0.25) is 0 Å². The van der Waals surface area contributed by atoms with Gasteiger partial charge < -0.3 is 10.6 Å². The predicted molar refractivity (Wildman–Crippen MR) is 77.9 cm³/mol. The molecule has 1 fully saturated rings. The summed E-state index contributed by atoms with van der Waals surface area (Å²) in [5.74, 6) is 1.43. The molecule has 0 bridgehead atoms. The van der Waals surface area contributed by atoms with Gasteiger partial charge >= 0.3 is 0 Å². The van der Waals surface area contributed by atoms with Gasteiger partial charge in [0.15, 0.2) is 5.82 Å². The number of nitrogens with one attached hydrogen (secondary N) is 2. The molecule has 2 aromatic rings. The lowest BCUT2D eigenvalue weighted by Gasteiger charge is -2.24. The van der Waals surface area contributed by atoms with Gasteiger partial charge in [-0.1, -0.05) is 6.42 Å². The second-order valence-electron chi connectivity index (χ2n) is 4.92. The molecule has 0 unspecified atom stereocenters. The van der Waals surface area contributed by atoms with E-state index >= 15 is 0 Å². The first kappa shape index (κ1) is 12.0. The first-order valence-corrected chi connectivity index (χ1v) is 6.73. The van der Waals surface area contributed by atoms with Crippen LogP contribution in [0.2, 0.25) is 0 Å². The number of anilines is 3. The molecule has 1 aliphatic rings. The van der Waals surface area contributed by atoms with Crippen LogP contribution in [0.3, 0.4) is 0 Å². The van der Waals surface area contributed by atoms with E-state index in [2.05, 4.69) is 26.9 Å². The SMILES string of the molecule is CNc1ccc(Nc2ccc(C3CCC3)nn2)cc1. The van der Waals surface area contributed by atoms with Gasteiger partial charge in [0.05, 0.1) is 5.69 Å². The second-order valence-corrected chi connectivity index (χ2v) is 4.92. The Hall–Kier alpha value is -2.10. The van der Waals surface area contributed by atoms with Crippen LogP contribution >= 0.6 is 0 Å². The highest BCUT2D eigenvalue weighted by Crippen LogP contribution is 2.35. The van der Waals surface area contributed by atoms with Crippen molar-refractivity contribution in [3.8, 4) is 0 Å². The topological polar surface area (TPSA) is 49.8 Å². The van der Waals surface area contributed by atoms with Crippen molar-refractivity contribution in [2.75, 3.05) is 17.7 Å². The van der Waals surface area contributed by atoms with E-state index in [0.29, 0.717) is 5.92 Å². The maximum atomic E-state index is 4.31. The van der Waals surface area contributed by atoms with E-state index in [-0.39, 0.29) is 0 Å². The van der Waals surface area contributed by atoms with E-state index in [1.54, 1.807) is 0 Å². The fourth-order valence-electron chi connectivity index (χ4n) is 2.20. The third-order valence-electron chi connectivity index (χ3n) is 3.65. The monoisotopic (exact) mass is 254 g/mol. The van der Waals surface area contributed by atoms with Crippen LogP contribution in [0.15, 0.2) is 36.4 Å². The van der Waals surface area contributed by atoms with Crippen LogP contribution in [0, 0.1) is 0 Å².